The lowest BCUT2D eigenvalue weighted by molar-refractivity contribution is -0.116. The molecule has 2 aromatic carbocycles. The monoisotopic (exact) mass is 384 g/mol. The van der Waals surface area contributed by atoms with Gasteiger partial charge in [-0.05, 0) is 35.8 Å². The van der Waals surface area contributed by atoms with Gasteiger partial charge in [-0.3, -0.25) is 9.59 Å². The van der Waals surface area contributed by atoms with Gasteiger partial charge in [0, 0.05) is 24.0 Å². The summed E-state index contributed by atoms with van der Waals surface area (Å²) < 4.78 is 0.883. The smallest absolute Gasteiger partial charge is 0.248 e. The van der Waals surface area contributed by atoms with Crippen LogP contribution in [0, 0.1) is 0 Å². The fourth-order valence-electron chi connectivity index (χ4n) is 2.83. The molecule has 2 amide bonds. The second-order valence-electron chi connectivity index (χ2n) is 5.62. The van der Waals surface area contributed by atoms with Crippen LogP contribution in [0.25, 0.3) is 6.08 Å². The highest BCUT2D eigenvalue weighted by Gasteiger charge is 2.26. The number of hydrogen-bond acceptors (Lipinski definition) is 2. The molecule has 0 atom stereocenters. The van der Waals surface area contributed by atoms with Crippen LogP contribution in [-0.4, -0.2) is 18.4 Å². The number of carbonyl (C=O) groups excluding carboxylic acids is 2. The van der Waals surface area contributed by atoms with Gasteiger partial charge in [-0.15, -0.1) is 0 Å². The molecule has 0 bridgehead atoms. The van der Waals surface area contributed by atoms with E-state index in [2.05, 4.69) is 21.2 Å². The zero-order valence-electron chi connectivity index (χ0n) is 13.3. The number of rotatable bonds is 3. The second-order valence-corrected chi connectivity index (χ2v) is 6.53. The lowest BCUT2D eigenvalue weighted by atomic mass is 10.1. The number of benzene rings is 2. The third-order valence-corrected chi connectivity index (χ3v) is 4.35. The van der Waals surface area contributed by atoms with Crippen LogP contribution in [0.2, 0.25) is 0 Å². The van der Waals surface area contributed by atoms with Crippen LogP contribution in [0.5, 0.6) is 0 Å². The molecule has 0 spiro atoms. The van der Waals surface area contributed by atoms with Crippen molar-refractivity contribution in [3.05, 3.63) is 64.1 Å². The fraction of sp³-hybridized carbons (Fsp3) is 0.158. The van der Waals surface area contributed by atoms with E-state index in [1.807, 2.05) is 42.5 Å². The van der Waals surface area contributed by atoms with E-state index in [0.717, 1.165) is 27.7 Å². The van der Waals surface area contributed by atoms with Gasteiger partial charge in [0.05, 0.1) is 11.4 Å². The minimum Gasteiger partial charge on any atom is -0.321 e. The van der Waals surface area contributed by atoms with Gasteiger partial charge in [-0.1, -0.05) is 46.3 Å². The van der Waals surface area contributed by atoms with Crippen LogP contribution >= 0.6 is 15.9 Å². The Morgan fingerprint density at radius 3 is 2.67 bits per heavy atom. The Morgan fingerprint density at radius 1 is 1.21 bits per heavy atom. The highest BCUT2D eigenvalue weighted by molar-refractivity contribution is 9.10. The Labute approximate surface area is 149 Å². The molecule has 3 rings (SSSR count). The predicted octanol–water partition coefficient (Wildman–Crippen LogP) is 4.01. The molecule has 5 heteroatoms. The SMILES string of the molecule is CC(=O)N1CCc2cc(Br)cc(NC(=O)/C=C/c3ccccc3)c21. The molecule has 1 heterocycles. The Bertz CT molecular complexity index is 816. The van der Waals surface area contributed by atoms with Gasteiger partial charge in [0.25, 0.3) is 0 Å². The summed E-state index contributed by atoms with van der Waals surface area (Å²) in [4.78, 5) is 25.8. The van der Waals surface area contributed by atoms with Crippen LogP contribution in [0.15, 0.2) is 53.0 Å². The predicted molar refractivity (Wildman–Crippen MR) is 100.0 cm³/mol. The maximum absolute atomic E-state index is 12.3. The number of anilines is 2. The second kappa shape index (κ2) is 7.01. The number of nitrogens with zero attached hydrogens (tertiary/aromatic N) is 1. The molecule has 0 aliphatic carbocycles. The van der Waals surface area contributed by atoms with Crippen LogP contribution < -0.4 is 10.2 Å². The first kappa shape index (κ1) is 16.5. The molecule has 0 saturated heterocycles. The summed E-state index contributed by atoms with van der Waals surface area (Å²) in [6.07, 6.45) is 4.04. The summed E-state index contributed by atoms with van der Waals surface area (Å²) in [5, 5.41) is 2.89. The highest BCUT2D eigenvalue weighted by atomic mass is 79.9. The van der Waals surface area contributed by atoms with E-state index in [1.165, 1.54) is 13.0 Å². The molecule has 1 aliphatic rings. The summed E-state index contributed by atoms with van der Waals surface area (Å²) in [5.74, 6) is -0.249. The number of nitrogens with one attached hydrogen (secondary N) is 1. The van der Waals surface area contributed by atoms with Crippen LogP contribution in [-0.2, 0) is 16.0 Å². The van der Waals surface area contributed by atoms with Gasteiger partial charge in [-0.25, -0.2) is 0 Å². The number of hydrogen-bond donors (Lipinski definition) is 1. The van der Waals surface area contributed by atoms with Gasteiger partial charge in [0.2, 0.25) is 11.8 Å². The van der Waals surface area contributed by atoms with E-state index in [9.17, 15) is 9.59 Å². The minimum absolute atomic E-state index is 0.0219. The van der Waals surface area contributed by atoms with Gasteiger partial charge in [-0.2, -0.15) is 0 Å². The average molecular weight is 385 g/mol. The first-order valence-corrected chi connectivity index (χ1v) is 8.48. The lowest BCUT2D eigenvalue weighted by Gasteiger charge is -2.19. The molecule has 0 fully saturated rings. The normalized spacial score (nSPS) is 13.2. The van der Waals surface area contributed by atoms with Crippen molar-refractivity contribution in [2.45, 2.75) is 13.3 Å². The largest absolute Gasteiger partial charge is 0.321 e. The molecule has 0 aromatic heterocycles. The van der Waals surface area contributed by atoms with Crippen molar-refractivity contribution in [2.75, 3.05) is 16.8 Å². The Kier molecular flexibility index (Phi) is 4.81. The van der Waals surface area contributed by atoms with E-state index in [4.69, 9.17) is 0 Å². The van der Waals surface area contributed by atoms with Crippen molar-refractivity contribution < 1.29 is 9.59 Å². The molecule has 1 N–H and O–H groups in total. The quantitative estimate of drug-likeness (QED) is 0.812. The molecular weight excluding hydrogens is 368 g/mol. The molecular formula is C19H17BrN2O2. The lowest BCUT2D eigenvalue weighted by Crippen LogP contribution is -2.27. The third-order valence-electron chi connectivity index (χ3n) is 3.89. The van der Waals surface area contributed by atoms with Crippen LogP contribution in [0.1, 0.15) is 18.1 Å². The van der Waals surface area contributed by atoms with E-state index in [0.29, 0.717) is 12.2 Å². The fourth-order valence-corrected chi connectivity index (χ4v) is 3.33. The number of fused-ring (bicyclic) bond motifs is 1. The van der Waals surface area contributed by atoms with E-state index < -0.39 is 0 Å². The molecule has 1 aliphatic heterocycles. The maximum Gasteiger partial charge on any atom is 0.248 e. The first-order valence-electron chi connectivity index (χ1n) is 7.69. The average Bonchev–Trinajstić information content (AvgIpc) is 2.98. The summed E-state index contributed by atoms with van der Waals surface area (Å²) in [7, 11) is 0. The van der Waals surface area contributed by atoms with Crippen LogP contribution in [0.3, 0.4) is 0 Å². The van der Waals surface area contributed by atoms with E-state index in [1.54, 1.807) is 11.0 Å². The zero-order chi connectivity index (χ0) is 17.1. The van der Waals surface area contributed by atoms with E-state index >= 15 is 0 Å². The van der Waals surface area contributed by atoms with Crippen molar-refractivity contribution in [1.82, 2.24) is 0 Å². The summed E-state index contributed by atoms with van der Waals surface area (Å²) in [6.45, 7) is 2.18. The Balaban J connectivity index is 1.84. The minimum atomic E-state index is -0.227. The molecule has 0 saturated carbocycles. The maximum atomic E-state index is 12.3. The molecule has 2 aromatic rings. The molecule has 4 nitrogen and oxygen atoms in total. The number of halogens is 1. The van der Waals surface area contributed by atoms with Crippen molar-refractivity contribution in [3.63, 3.8) is 0 Å². The standard InChI is InChI=1S/C19H17BrN2O2/c1-13(23)22-10-9-15-11-16(20)12-17(19(15)22)21-18(24)8-7-14-5-3-2-4-6-14/h2-8,11-12H,9-10H2,1H3,(H,21,24)/b8-7+. The molecule has 0 unspecified atom stereocenters. The summed E-state index contributed by atoms with van der Waals surface area (Å²) in [5.41, 5.74) is 3.46. The highest BCUT2D eigenvalue weighted by Crippen LogP contribution is 2.38. The number of amides is 2. The zero-order valence-corrected chi connectivity index (χ0v) is 14.8. The van der Waals surface area contributed by atoms with Gasteiger partial charge in [0.15, 0.2) is 0 Å². The molecule has 0 radical (unpaired) electrons. The molecule has 122 valence electrons. The van der Waals surface area contributed by atoms with Crippen LogP contribution in [0.4, 0.5) is 11.4 Å². The van der Waals surface area contributed by atoms with Crippen molar-refractivity contribution in [3.8, 4) is 0 Å². The van der Waals surface area contributed by atoms with Crippen molar-refractivity contribution >= 4 is 45.2 Å². The van der Waals surface area contributed by atoms with Gasteiger partial charge in [0.1, 0.15) is 0 Å². The number of carbonyl (C=O) groups is 2. The van der Waals surface area contributed by atoms with Crippen molar-refractivity contribution in [1.29, 1.82) is 0 Å². The first-order chi connectivity index (χ1) is 11.5. The Morgan fingerprint density at radius 2 is 1.96 bits per heavy atom. The van der Waals surface area contributed by atoms with E-state index in [-0.39, 0.29) is 11.8 Å². The topological polar surface area (TPSA) is 49.4 Å². The molecule has 24 heavy (non-hydrogen) atoms. The van der Waals surface area contributed by atoms with Gasteiger partial charge >= 0.3 is 0 Å². The van der Waals surface area contributed by atoms with Gasteiger partial charge < -0.3 is 10.2 Å². The summed E-state index contributed by atoms with van der Waals surface area (Å²) in [6, 6.07) is 13.4. The summed E-state index contributed by atoms with van der Waals surface area (Å²) >= 11 is 3.47. The third kappa shape index (κ3) is 3.57. The van der Waals surface area contributed by atoms with Crippen molar-refractivity contribution in [2.24, 2.45) is 0 Å². The Hall–Kier alpha value is -2.40.